The Morgan fingerprint density at radius 3 is 2.69 bits per heavy atom. The first kappa shape index (κ1) is 18.0. The van der Waals surface area contributed by atoms with E-state index in [2.05, 4.69) is 42.2 Å². The van der Waals surface area contributed by atoms with Gasteiger partial charge in [0.1, 0.15) is 0 Å². The van der Waals surface area contributed by atoms with Crippen LogP contribution in [0.15, 0.2) is 30.3 Å². The van der Waals surface area contributed by atoms with E-state index in [9.17, 15) is 4.79 Å². The Hall–Kier alpha value is -1.39. The molecule has 6 atom stereocenters. The van der Waals surface area contributed by atoms with E-state index in [4.69, 9.17) is 11.5 Å². The molecule has 4 nitrogen and oxygen atoms in total. The van der Waals surface area contributed by atoms with Gasteiger partial charge in [0.25, 0.3) is 0 Å². The molecule has 0 aliphatic heterocycles. The molecular weight excluding hydrogens is 322 g/mol. The molecule has 1 amide bonds. The van der Waals surface area contributed by atoms with Crippen LogP contribution in [0.4, 0.5) is 0 Å². The van der Waals surface area contributed by atoms with Crippen molar-refractivity contribution in [3.05, 3.63) is 35.9 Å². The minimum absolute atomic E-state index is 0.148. The summed E-state index contributed by atoms with van der Waals surface area (Å²) in [5.74, 6) is 2.22. The van der Waals surface area contributed by atoms with E-state index in [0.717, 1.165) is 31.7 Å². The van der Waals surface area contributed by atoms with Gasteiger partial charge in [-0.15, -0.1) is 0 Å². The lowest BCUT2D eigenvalue weighted by atomic mass is 9.55. The summed E-state index contributed by atoms with van der Waals surface area (Å²) in [6, 6.07) is 10.8. The number of nitrogens with two attached hydrogens (primary N) is 2. The second kappa shape index (κ2) is 6.97. The average Bonchev–Trinajstić information content (AvgIpc) is 3.32. The third kappa shape index (κ3) is 2.61. The number of hydrogen-bond donors (Lipinski definition) is 2. The fourth-order valence-corrected chi connectivity index (χ4v) is 6.30. The molecule has 1 spiro atoms. The Bertz CT molecular complexity index is 648. The molecule has 4 N–H and O–H groups in total. The van der Waals surface area contributed by atoms with Crippen molar-refractivity contribution < 1.29 is 4.79 Å². The number of unbranched alkanes of at least 4 members (excludes halogenated alkanes) is 1. The molecule has 4 heteroatoms. The largest absolute Gasteiger partial charge is 0.338 e. The van der Waals surface area contributed by atoms with Crippen molar-refractivity contribution in [3.8, 4) is 0 Å². The van der Waals surface area contributed by atoms with E-state index < -0.39 is 0 Å². The summed E-state index contributed by atoms with van der Waals surface area (Å²) < 4.78 is 0. The highest BCUT2D eigenvalue weighted by Gasteiger charge is 2.77. The number of benzene rings is 1. The second-order valence-electron chi connectivity index (χ2n) is 8.59. The van der Waals surface area contributed by atoms with Crippen LogP contribution < -0.4 is 11.5 Å². The van der Waals surface area contributed by atoms with Crippen LogP contribution in [0, 0.1) is 17.3 Å². The Balaban J connectivity index is 1.55. The topological polar surface area (TPSA) is 72.3 Å². The number of hydrogen-bond acceptors (Lipinski definition) is 3. The zero-order valence-corrected chi connectivity index (χ0v) is 15.9. The summed E-state index contributed by atoms with van der Waals surface area (Å²) in [6.45, 7) is 3.54. The van der Waals surface area contributed by atoms with Gasteiger partial charge >= 0.3 is 0 Å². The first-order valence-corrected chi connectivity index (χ1v) is 10.5. The van der Waals surface area contributed by atoms with Crippen molar-refractivity contribution in [2.45, 2.75) is 63.5 Å². The van der Waals surface area contributed by atoms with E-state index in [-0.39, 0.29) is 11.9 Å². The maximum atomic E-state index is 13.2. The highest BCUT2D eigenvalue weighted by atomic mass is 16.2. The molecule has 4 rings (SSSR count). The Morgan fingerprint density at radius 1 is 1.27 bits per heavy atom. The number of nitrogens with zero attached hydrogens (tertiary/aromatic N) is 1. The maximum Gasteiger partial charge on any atom is 0.239 e. The smallest absolute Gasteiger partial charge is 0.239 e. The number of likely N-dealkylation sites (N-methyl/N-ethyl adjacent to an activating group) is 1. The lowest BCUT2D eigenvalue weighted by Crippen LogP contribution is -2.62. The quantitative estimate of drug-likeness (QED) is 0.704. The van der Waals surface area contributed by atoms with Gasteiger partial charge in [-0.1, -0.05) is 36.8 Å². The van der Waals surface area contributed by atoms with Gasteiger partial charge in [0, 0.05) is 18.5 Å². The first-order valence-electron chi connectivity index (χ1n) is 10.5. The monoisotopic (exact) mass is 355 g/mol. The normalized spacial score (nSPS) is 35.2. The van der Waals surface area contributed by atoms with E-state index >= 15 is 0 Å². The standard InChI is InChI=1S/C22H33N3O/c1-2-25(21(26)18(24)10-6-7-13-23)20-17-12-11-16-14-22(16,17)19(20)15-8-4-3-5-9-15/h3-5,8-9,16-20H,2,6-7,10-14,23-24H2,1H3/t16?,17?,18-,19?,20?,22?/m0/s1. The van der Waals surface area contributed by atoms with Gasteiger partial charge in [-0.2, -0.15) is 0 Å². The fraction of sp³-hybridized carbons (Fsp3) is 0.682. The maximum absolute atomic E-state index is 13.2. The van der Waals surface area contributed by atoms with Gasteiger partial charge in [0.05, 0.1) is 6.04 Å². The molecule has 3 fully saturated rings. The summed E-state index contributed by atoms with van der Waals surface area (Å²) in [5.41, 5.74) is 13.8. The number of amides is 1. The van der Waals surface area contributed by atoms with Crippen molar-refractivity contribution >= 4 is 5.91 Å². The molecule has 3 saturated carbocycles. The summed E-state index contributed by atoms with van der Waals surface area (Å²) in [7, 11) is 0. The van der Waals surface area contributed by atoms with Crippen LogP contribution in [0.25, 0.3) is 0 Å². The molecule has 1 aromatic rings. The fourth-order valence-electron chi connectivity index (χ4n) is 6.30. The van der Waals surface area contributed by atoms with Crippen molar-refractivity contribution in [3.63, 3.8) is 0 Å². The minimum Gasteiger partial charge on any atom is -0.338 e. The van der Waals surface area contributed by atoms with Gasteiger partial charge in [0.2, 0.25) is 5.91 Å². The molecule has 0 heterocycles. The van der Waals surface area contributed by atoms with Gasteiger partial charge < -0.3 is 16.4 Å². The van der Waals surface area contributed by atoms with Crippen LogP contribution in [0.1, 0.15) is 56.9 Å². The van der Waals surface area contributed by atoms with Crippen LogP contribution in [0.3, 0.4) is 0 Å². The van der Waals surface area contributed by atoms with Crippen LogP contribution in [0.2, 0.25) is 0 Å². The summed E-state index contributed by atoms with van der Waals surface area (Å²) >= 11 is 0. The SMILES string of the molecule is CCN(C(=O)[C@@H](N)CCCCN)C1C2CCC3CC32C1c1ccccc1. The van der Waals surface area contributed by atoms with Crippen molar-refractivity contribution in [1.82, 2.24) is 4.90 Å². The molecular formula is C22H33N3O. The third-order valence-electron chi connectivity index (χ3n) is 7.48. The van der Waals surface area contributed by atoms with Gasteiger partial charge in [-0.3, -0.25) is 4.79 Å². The Morgan fingerprint density at radius 2 is 2.04 bits per heavy atom. The number of rotatable bonds is 8. The van der Waals surface area contributed by atoms with Gasteiger partial charge in [-0.05, 0) is 68.4 Å². The highest BCUT2D eigenvalue weighted by molar-refractivity contribution is 5.82. The Kier molecular flexibility index (Phi) is 4.83. The van der Waals surface area contributed by atoms with E-state index in [1.807, 2.05) is 0 Å². The second-order valence-corrected chi connectivity index (χ2v) is 8.59. The van der Waals surface area contributed by atoms with E-state index in [1.54, 1.807) is 0 Å². The molecule has 0 radical (unpaired) electrons. The predicted octanol–water partition coefficient (Wildman–Crippen LogP) is 2.87. The van der Waals surface area contributed by atoms with Gasteiger partial charge in [0.15, 0.2) is 0 Å². The van der Waals surface area contributed by atoms with E-state index in [0.29, 0.717) is 29.8 Å². The summed E-state index contributed by atoms with van der Waals surface area (Å²) in [6.07, 6.45) is 6.61. The number of carbonyl (C=O) groups is 1. The molecule has 26 heavy (non-hydrogen) atoms. The Labute approximate surface area is 157 Å². The molecule has 1 aromatic carbocycles. The molecule has 0 bridgehead atoms. The molecule has 0 saturated heterocycles. The lowest BCUT2D eigenvalue weighted by molar-refractivity contribution is -0.144. The zero-order valence-electron chi connectivity index (χ0n) is 15.9. The molecule has 3 aliphatic carbocycles. The summed E-state index contributed by atoms with van der Waals surface area (Å²) in [4.78, 5) is 15.3. The first-order chi connectivity index (χ1) is 12.6. The zero-order chi connectivity index (χ0) is 18.3. The van der Waals surface area contributed by atoms with Crippen LogP contribution >= 0.6 is 0 Å². The molecule has 0 aromatic heterocycles. The van der Waals surface area contributed by atoms with Crippen molar-refractivity contribution in [2.24, 2.45) is 28.7 Å². The van der Waals surface area contributed by atoms with Crippen LogP contribution in [-0.2, 0) is 4.79 Å². The van der Waals surface area contributed by atoms with Crippen molar-refractivity contribution in [2.75, 3.05) is 13.1 Å². The van der Waals surface area contributed by atoms with E-state index in [1.165, 1.54) is 24.8 Å². The van der Waals surface area contributed by atoms with Crippen molar-refractivity contribution in [1.29, 1.82) is 0 Å². The molecule has 3 aliphatic rings. The minimum atomic E-state index is -0.383. The third-order valence-corrected chi connectivity index (χ3v) is 7.48. The van der Waals surface area contributed by atoms with Crippen LogP contribution in [0.5, 0.6) is 0 Å². The lowest BCUT2D eigenvalue weighted by Gasteiger charge is -2.57. The molecule has 5 unspecified atom stereocenters. The highest BCUT2D eigenvalue weighted by Crippen LogP contribution is 2.81. The number of carbonyl (C=O) groups excluding carboxylic acids is 1. The van der Waals surface area contributed by atoms with Gasteiger partial charge in [-0.25, -0.2) is 0 Å². The average molecular weight is 356 g/mol. The molecule has 142 valence electrons. The predicted molar refractivity (Wildman–Crippen MR) is 105 cm³/mol. The summed E-state index contributed by atoms with van der Waals surface area (Å²) in [5, 5.41) is 0. The van der Waals surface area contributed by atoms with Crippen LogP contribution in [-0.4, -0.2) is 36.0 Å².